The van der Waals surface area contributed by atoms with E-state index in [1.807, 2.05) is 0 Å². The predicted molar refractivity (Wildman–Crippen MR) is 167 cm³/mol. The Labute approximate surface area is 262 Å². The third-order valence-corrected chi connectivity index (χ3v) is 10.3. The zero-order valence-electron chi connectivity index (χ0n) is 24.4. The number of rotatable bonds is 9. The highest BCUT2D eigenvalue weighted by Gasteiger charge is 2.27. The molecule has 6 rings (SSSR count). The molecular weight excluding hydrogens is 642 g/mol. The van der Waals surface area contributed by atoms with Gasteiger partial charge in [-0.25, -0.2) is 39.9 Å². The number of nitrogens with zero attached hydrogens (tertiary/aromatic N) is 7. The lowest BCUT2D eigenvalue weighted by Gasteiger charge is -2.30. The molecule has 1 aliphatic rings. The van der Waals surface area contributed by atoms with Crippen molar-refractivity contribution < 1.29 is 25.6 Å². The summed E-state index contributed by atoms with van der Waals surface area (Å²) in [6.07, 6.45) is 1.35. The fourth-order valence-electron chi connectivity index (χ4n) is 5.30. The van der Waals surface area contributed by atoms with Gasteiger partial charge in [-0.15, -0.1) is 9.19 Å². The van der Waals surface area contributed by atoms with Crippen molar-refractivity contribution in [3.8, 4) is 17.1 Å². The average Bonchev–Trinajstić information content (AvgIpc) is 3.53. The third kappa shape index (κ3) is 6.38. The maximum absolute atomic E-state index is 14.1. The van der Waals surface area contributed by atoms with Crippen molar-refractivity contribution in [3.05, 3.63) is 94.7 Å². The summed E-state index contributed by atoms with van der Waals surface area (Å²) in [6.45, 7) is 0.597. The van der Waals surface area contributed by atoms with E-state index in [4.69, 9.17) is 0 Å². The van der Waals surface area contributed by atoms with Gasteiger partial charge in [-0.05, 0) is 30.5 Å². The fraction of sp³-hybridized carbons (Fsp3) is 0.276. The quantitative estimate of drug-likeness (QED) is 0.247. The van der Waals surface area contributed by atoms with E-state index in [1.54, 1.807) is 42.5 Å². The van der Waals surface area contributed by atoms with Gasteiger partial charge in [-0.3, -0.25) is 9.36 Å². The van der Waals surface area contributed by atoms with Gasteiger partial charge >= 0.3 is 0 Å². The van der Waals surface area contributed by atoms with Crippen LogP contribution >= 0.6 is 0 Å². The molecule has 5 aromatic rings. The summed E-state index contributed by atoms with van der Waals surface area (Å²) in [6, 6.07) is 15.7. The monoisotopic (exact) mass is 670 g/mol. The van der Waals surface area contributed by atoms with Crippen molar-refractivity contribution in [1.29, 1.82) is 0 Å². The number of aromatic nitrogens is 6. The van der Waals surface area contributed by atoms with E-state index in [0.29, 0.717) is 31.5 Å². The van der Waals surface area contributed by atoms with E-state index in [1.165, 1.54) is 22.6 Å². The molecule has 3 aromatic heterocycles. The minimum Gasteiger partial charge on any atom is -0.351 e. The largest absolute Gasteiger partial charge is 0.351 e. The Bertz CT molecular complexity index is 2180. The Morgan fingerprint density at radius 2 is 1.67 bits per heavy atom. The lowest BCUT2D eigenvalue weighted by Crippen LogP contribution is -2.42. The van der Waals surface area contributed by atoms with Crippen LogP contribution in [0.5, 0.6) is 0 Å². The molecule has 0 bridgehead atoms. The summed E-state index contributed by atoms with van der Waals surface area (Å²) in [5, 5.41) is 7.41. The summed E-state index contributed by atoms with van der Waals surface area (Å²) in [5.74, 6) is -0.338. The minimum atomic E-state index is -4.18. The van der Waals surface area contributed by atoms with E-state index < -0.39 is 43.3 Å². The Morgan fingerprint density at radius 1 is 0.978 bits per heavy atom. The van der Waals surface area contributed by atoms with Crippen LogP contribution in [0, 0.1) is 0 Å². The molecule has 2 aromatic carbocycles. The molecule has 0 aliphatic carbocycles. The highest BCUT2D eigenvalue weighted by atomic mass is 32.2. The zero-order valence-corrected chi connectivity index (χ0v) is 26.0. The molecule has 1 saturated heterocycles. The molecule has 13 nitrogen and oxygen atoms in total. The second-order valence-corrected chi connectivity index (χ2v) is 14.6. The fourth-order valence-corrected chi connectivity index (χ4v) is 7.33. The summed E-state index contributed by atoms with van der Waals surface area (Å²) in [5.41, 5.74) is -1.09. The van der Waals surface area contributed by atoms with Crippen LogP contribution in [-0.2, 0) is 25.8 Å². The summed E-state index contributed by atoms with van der Waals surface area (Å²) >= 11 is 0. The number of halogens is 2. The van der Waals surface area contributed by atoms with Gasteiger partial charge in [0.2, 0.25) is 16.0 Å². The number of fused-ring (bicyclic) bond motifs is 1. The van der Waals surface area contributed by atoms with Crippen molar-refractivity contribution in [2.45, 2.75) is 31.1 Å². The van der Waals surface area contributed by atoms with E-state index in [-0.39, 0.29) is 40.1 Å². The van der Waals surface area contributed by atoms with Gasteiger partial charge in [0.15, 0.2) is 11.5 Å². The molecule has 46 heavy (non-hydrogen) atoms. The summed E-state index contributed by atoms with van der Waals surface area (Å²) in [4.78, 5) is 26.4. The number of anilines is 1. The van der Waals surface area contributed by atoms with Crippen molar-refractivity contribution in [1.82, 2.24) is 33.0 Å². The van der Waals surface area contributed by atoms with Crippen LogP contribution in [0.25, 0.3) is 28.1 Å². The average molecular weight is 671 g/mol. The molecule has 4 heterocycles. The molecule has 1 N–H and O–H groups in total. The van der Waals surface area contributed by atoms with Gasteiger partial charge in [0, 0.05) is 36.3 Å². The topological polar surface area (TPSA) is 162 Å². The van der Waals surface area contributed by atoms with Gasteiger partial charge < -0.3 is 5.32 Å². The first kappa shape index (κ1) is 31.4. The molecule has 1 fully saturated rings. The van der Waals surface area contributed by atoms with E-state index in [2.05, 4.69) is 25.4 Å². The van der Waals surface area contributed by atoms with Gasteiger partial charge in [-0.2, -0.15) is 4.98 Å². The van der Waals surface area contributed by atoms with Crippen LogP contribution < -0.4 is 10.9 Å². The highest BCUT2D eigenvalue weighted by Crippen LogP contribution is 2.26. The molecule has 0 spiro atoms. The minimum absolute atomic E-state index is 0.0163. The lowest BCUT2D eigenvalue weighted by molar-refractivity contribution is 0.149. The molecule has 0 radical (unpaired) electrons. The zero-order chi connectivity index (χ0) is 32.6. The van der Waals surface area contributed by atoms with E-state index in [9.17, 15) is 30.4 Å². The molecule has 0 saturated carbocycles. The normalized spacial score (nSPS) is 15.0. The maximum atomic E-state index is 14.1. The van der Waals surface area contributed by atoms with Crippen LogP contribution in [0.4, 0.5) is 14.7 Å². The first-order chi connectivity index (χ1) is 21.9. The van der Waals surface area contributed by atoms with Crippen LogP contribution in [0.15, 0.2) is 78.0 Å². The number of piperidine rings is 1. The predicted octanol–water partition coefficient (Wildman–Crippen LogP) is 3.19. The van der Waals surface area contributed by atoms with Crippen molar-refractivity contribution >= 4 is 37.0 Å². The number of alkyl halides is 2. The number of pyridine rings is 1. The molecule has 17 heteroatoms. The van der Waals surface area contributed by atoms with Crippen molar-refractivity contribution in [2.24, 2.45) is 0 Å². The van der Waals surface area contributed by atoms with Crippen LogP contribution in [0.1, 0.15) is 30.4 Å². The highest BCUT2D eigenvalue weighted by molar-refractivity contribution is 7.89. The first-order valence-corrected chi connectivity index (χ1v) is 17.6. The molecule has 0 unspecified atom stereocenters. The summed E-state index contributed by atoms with van der Waals surface area (Å²) in [7, 11) is -7.50. The lowest BCUT2D eigenvalue weighted by atomic mass is 10.1. The smallest absolute Gasteiger partial charge is 0.269 e. The van der Waals surface area contributed by atoms with E-state index in [0.717, 1.165) is 27.3 Å². The second kappa shape index (κ2) is 12.3. The molecule has 0 amide bonds. The number of nitrogens with one attached hydrogen (secondary N) is 1. The number of hydrogen-bond donors (Lipinski definition) is 1. The van der Waals surface area contributed by atoms with Gasteiger partial charge in [0.1, 0.15) is 6.33 Å². The second-order valence-electron chi connectivity index (χ2n) is 10.8. The summed E-state index contributed by atoms with van der Waals surface area (Å²) < 4.78 is 82.0. The third-order valence-electron chi connectivity index (χ3n) is 7.62. The van der Waals surface area contributed by atoms with E-state index >= 15 is 0 Å². The standard InChI is InChI=1S/C29H28F2N8O5S2/c1-45(41,42)37-13-11-22(12-14-37)34-29-32-16-21-15-23(25(30)31)28(40)39(27(21)35-29)24-10-6-5-9-20(24)17-46(43,44)38-18-33-26(36-38)19-7-3-2-4-8-19/h2-10,15-16,18,22,25H,11-14,17H2,1H3,(H,32,34,35). The van der Waals surface area contributed by atoms with Crippen molar-refractivity contribution in [3.63, 3.8) is 0 Å². The SMILES string of the molecule is CS(=O)(=O)N1CCC(Nc2ncc3cc(C(F)F)c(=O)n(-c4ccccc4CS(=O)(=O)n4cnc(-c5ccccc5)n4)c3n2)CC1. The number of para-hydroxylation sites is 1. The number of hydrogen-bond acceptors (Lipinski definition) is 10. The van der Waals surface area contributed by atoms with Crippen molar-refractivity contribution in [2.75, 3.05) is 24.7 Å². The molecule has 0 atom stereocenters. The Hall–Kier alpha value is -4.61. The number of benzene rings is 2. The van der Waals surface area contributed by atoms with Crippen LogP contribution in [0.2, 0.25) is 0 Å². The Morgan fingerprint density at radius 3 is 2.37 bits per heavy atom. The molecule has 240 valence electrons. The molecular formula is C29H28F2N8O5S2. The Kier molecular flexibility index (Phi) is 8.39. The molecule has 1 aliphatic heterocycles. The first-order valence-electron chi connectivity index (χ1n) is 14.1. The van der Waals surface area contributed by atoms with Gasteiger partial charge in [0.25, 0.3) is 22.0 Å². The van der Waals surface area contributed by atoms with Crippen LogP contribution in [-0.4, -0.2) is 75.2 Å². The van der Waals surface area contributed by atoms with Crippen LogP contribution in [0.3, 0.4) is 0 Å². The Balaban J connectivity index is 1.38. The number of sulfonamides is 1. The van der Waals surface area contributed by atoms with Gasteiger partial charge in [-0.1, -0.05) is 48.5 Å². The maximum Gasteiger partial charge on any atom is 0.269 e. The van der Waals surface area contributed by atoms with Gasteiger partial charge in [0.05, 0.1) is 23.3 Å².